The average molecular weight is 189 g/mol. The zero-order chi connectivity index (χ0) is 9.03. The van der Waals surface area contributed by atoms with Gasteiger partial charge < -0.3 is 4.74 Å². The third-order valence-corrected chi connectivity index (χ3v) is 3.83. The van der Waals surface area contributed by atoms with Crippen molar-refractivity contribution in [2.45, 2.75) is 31.7 Å². The molecule has 1 heterocycles. The maximum absolute atomic E-state index is 5.30. The van der Waals surface area contributed by atoms with Crippen molar-refractivity contribution in [3.05, 3.63) is 0 Å². The van der Waals surface area contributed by atoms with Gasteiger partial charge >= 0.3 is 0 Å². The first-order chi connectivity index (χ1) is 5.79. The Hall–Kier alpha value is 0.270. The van der Waals surface area contributed by atoms with E-state index in [9.17, 15) is 0 Å². The van der Waals surface area contributed by atoms with Crippen LogP contribution in [0.15, 0.2) is 0 Å². The van der Waals surface area contributed by atoms with Crippen molar-refractivity contribution >= 4 is 11.9 Å². The number of ether oxygens (including phenoxy) is 1. The van der Waals surface area contributed by atoms with Crippen LogP contribution < -0.4 is 0 Å². The van der Waals surface area contributed by atoms with Crippen LogP contribution in [0.25, 0.3) is 0 Å². The fourth-order valence-corrected chi connectivity index (χ4v) is 3.04. The molecule has 1 saturated heterocycles. The van der Waals surface area contributed by atoms with Crippen LogP contribution in [0.3, 0.4) is 0 Å². The Bertz CT molecular complexity index is 142. The lowest BCUT2D eigenvalue weighted by molar-refractivity contribution is 0.0827. The molecule has 1 rings (SSSR count). The molecule has 1 fully saturated rings. The molecule has 1 unspecified atom stereocenters. The van der Waals surface area contributed by atoms with Gasteiger partial charge in [-0.05, 0) is 25.5 Å². The van der Waals surface area contributed by atoms with E-state index >= 15 is 0 Å². The van der Waals surface area contributed by atoms with Crippen LogP contribution >= 0.6 is 11.9 Å². The van der Waals surface area contributed by atoms with Crippen molar-refractivity contribution in [2.24, 2.45) is 0 Å². The zero-order valence-electron chi connectivity index (χ0n) is 8.30. The van der Waals surface area contributed by atoms with Gasteiger partial charge in [0.1, 0.15) is 0 Å². The molecular weight excluding hydrogens is 170 g/mol. The Labute approximate surface area is 79.8 Å². The summed E-state index contributed by atoms with van der Waals surface area (Å²) in [5.41, 5.74) is 0.328. The van der Waals surface area contributed by atoms with Gasteiger partial charge in [0, 0.05) is 13.7 Å². The van der Waals surface area contributed by atoms with Gasteiger partial charge in [-0.3, -0.25) is 0 Å². The van der Waals surface area contributed by atoms with Crippen LogP contribution in [0.5, 0.6) is 0 Å². The molecule has 0 N–H and O–H groups in total. The minimum absolute atomic E-state index is 0.328. The largest absolute Gasteiger partial charge is 0.383 e. The molecule has 0 bridgehead atoms. The van der Waals surface area contributed by atoms with Crippen molar-refractivity contribution in [3.8, 4) is 0 Å². The van der Waals surface area contributed by atoms with Crippen molar-refractivity contribution in [3.63, 3.8) is 0 Å². The predicted octanol–water partition coefficient (Wildman–Crippen LogP) is 2.16. The second kappa shape index (κ2) is 4.49. The van der Waals surface area contributed by atoms with Crippen molar-refractivity contribution in [1.82, 2.24) is 4.31 Å². The van der Waals surface area contributed by atoms with Gasteiger partial charge in [-0.15, -0.1) is 0 Å². The first-order valence-corrected chi connectivity index (χ1v) is 5.78. The summed E-state index contributed by atoms with van der Waals surface area (Å²) in [7, 11) is 1.80. The van der Waals surface area contributed by atoms with E-state index in [-0.39, 0.29) is 0 Å². The third kappa shape index (κ3) is 1.78. The standard InChI is InChI=1S/C9H19NOS/c1-4-9(8-11-2)6-5-7-10(9)12-3/h4-8H2,1-3H3. The minimum atomic E-state index is 0.328. The average Bonchev–Trinajstić information content (AvgIpc) is 2.49. The molecule has 72 valence electrons. The number of hydrogen-bond acceptors (Lipinski definition) is 3. The normalized spacial score (nSPS) is 31.2. The molecular formula is C9H19NOS. The Morgan fingerprint density at radius 2 is 2.33 bits per heavy atom. The summed E-state index contributed by atoms with van der Waals surface area (Å²) in [4.78, 5) is 0. The summed E-state index contributed by atoms with van der Waals surface area (Å²) >= 11 is 1.86. The molecule has 2 nitrogen and oxygen atoms in total. The molecule has 0 aromatic heterocycles. The topological polar surface area (TPSA) is 12.5 Å². The lowest BCUT2D eigenvalue weighted by Gasteiger charge is -2.35. The summed E-state index contributed by atoms with van der Waals surface area (Å²) in [5.74, 6) is 0. The highest BCUT2D eigenvalue weighted by Gasteiger charge is 2.39. The lowest BCUT2D eigenvalue weighted by atomic mass is 9.95. The SMILES string of the molecule is CCC1(COC)CCCN1SC. The molecule has 12 heavy (non-hydrogen) atoms. The first-order valence-electron chi connectivity index (χ1n) is 4.60. The van der Waals surface area contributed by atoms with E-state index in [4.69, 9.17) is 4.74 Å². The summed E-state index contributed by atoms with van der Waals surface area (Å²) < 4.78 is 7.78. The van der Waals surface area contributed by atoms with Crippen LogP contribution in [-0.2, 0) is 4.74 Å². The van der Waals surface area contributed by atoms with Crippen molar-refractivity contribution in [2.75, 3.05) is 26.5 Å². The molecule has 1 atom stereocenters. The van der Waals surface area contributed by atoms with Crippen LogP contribution in [0.1, 0.15) is 26.2 Å². The number of rotatable bonds is 4. The van der Waals surface area contributed by atoms with E-state index in [1.54, 1.807) is 7.11 Å². The first kappa shape index (κ1) is 10.4. The van der Waals surface area contributed by atoms with Crippen molar-refractivity contribution in [1.29, 1.82) is 0 Å². The molecule has 1 aliphatic heterocycles. The predicted molar refractivity (Wildman–Crippen MR) is 54.4 cm³/mol. The monoisotopic (exact) mass is 189 g/mol. The molecule has 0 aromatic carbocycles. The van der Waals surface area contributed by atoms with E-state index in [1.807, 2.05) is 11.9 Å². The molecule has 0 radical (unpaired) electrons. The van der Waals surface area contributed by atoms with Crippen LogP contribution in [-0.4, -0.2) is 36.4 Å². The number of nitrogens with zero attached hydrogens (tertiary/aromatic N) is 1. The molecule has 0 aromatic rings. The maximum Gasteiger partial charge on any atom is 0.0655 e. The van der Waals surface area contributed by atoms with Crippen molar-refractivity contribution < 1.29 is 4.74 Å². The Kier molecular flexibility index (Phi) is 3.87. The van der Waals surface area contributed by atoms with Gasteiger partial charge in [-0.25, -0.2) is 4.31 Å². The number of hydrogen-bond donors (Lipinski definition) is 0. The fourth-order valence-electron chi connectivity index (χ4n) is 2.07. The van der Waals surface area contributed by atoms with E-state index in [2.05, 4.69) is 17.5 Å². The van der Waals surface area contributed by atoms with Gasteiger partial charge in [0.2, 0.25) is 0 Å². The Morgan fingerprint density at radius 3 is 2.83 bits per heavy atom. The van der Waals surface area contributed by atoms with E-state index in [1.165, 1.54) is 25.8 Å². The smallest absolute Gasteiger partial charge is 0.0655 e. The second-order valence-corrected chi connectivity index (χ2v) is 4.21. The van der Waals surface area contributed by atoms with E-state index in [0.717, 1.165) is 6.61 Å². The van der Waals surface area contributed by atoms with E-state index in [0.29, 0.717) is 5.54 Å². The lowest BCUT2D eigenvalue weighted by Crippen LogP contribution is -2.42. The second-order valence-electron chi connectivity index (χ2n) is 3.40. The number of methoxy groups -OCH3 is 1. The van der Waals surface area contributed by atoms with Gasteiger partial charge in [-0.1, -0.05) is 18.9 Å². The highest BCUT2D eigenvalue weighted by atomic mass is 32.2. The van der Waals surface area contributed by atoms with Gasteiger partial charge in [-0.2, -0.15) is 0 Å². The highest BCUT2D eigenvalue weighted by molar-refractivity contribution is 7.96. The molecule has 0 saturated carbocycles. The molecule has 1 aliphatic rings. The summed E-state index contributed by atoms with van der Waals surface area (Å²) in [6.07, 6.45) is 5.96. The Balaban J connectivity index is 2.61. The third-order valence-electron chi connectivity index (χ3n) is 2.82. The summed E-state index contributed by atoms with van der Waals surface area (Å²) in [5, 5.41) is 0. The molecule has 0 aliphatic carbocycles. The highest BCUT2D eigenvalue weighted by Crippen LogP contribution is 2.36. The van der Waals surface area contributed by atoms with Gasteiger partial charge in [0.25, 0.3) is 0 Å². The minimum Gasteiger partial charge on any atom is -0.383 e. The van der Waals surface area contributed by atoms with E-state index < -0.39 is 0 Å². The summed E-state index contributed by atoms with van der Waals surface area (Å²) in [6, 6.07) is 0. The summed E-state index contributed by atoms with van der Waals surface area (Å²) in [6.45, 7) is 4.36. The maximum atomic E-state index is 5.30. The molecule has 0 spiro atoms. The zero-order valence-corrected chi connectivity index (χ0v) is 9.12. The van der Waals surface area contributed by atoms with Gasteiger partial charge in [0.05, 0.1) is 12.1 Å². The molecule has 3 heteroatoms. The quantitative estimate of drug-likeness (QED) is 0.629. The van der Waals surface area contributed by atoms with Crippen LogP contribution in [0, 0.1) is 0 Å². The fraction of sp³-hybridized carbons (Fsp3) is 1.00. The van der Waals surface area contributed by atoms with Gasteiger partial charge in [0.15, 0.2) is 0 Å². The van der Waals surface area contributed by atoms with Crippen LogP contribution in [0.2, 0.25) is 0 Å². The Morgan fingerprint density at radius 1 is 1.58 bits per heavy atom. The molecule has 0 amide bonds. The van der Waals surface area contributed by atoms with Crippen LogP contribution in [0.4, 0.5) is 0 Å².